The van der Waals surface area contributed by atoms with E-state index in [0.29, 0.717) is 12.2 Å². The minimum atomic E-state index is -0.268. The fourth-order valence-corrected chi connectivity index (χ4v) is 1.88. The van der Waals surface area contributed by atoms with E-state index in [1.165, 1.54) is 6.07 Å². The highest BCUT2D eigenvalue weighted by Gasteiger charge is 2.04. The summed E-state index contributed by atoms with van der Waals surface area (Å²) in [6.07, 6.45) is 0.866. The quantitative estimate of drug-likeness (QED) is 0.907. The van der Waals surface area contributed by atoms with Gasteiger partial charge in [0.15, 0.2) is 0 Å². The van der Waals surface area contributed by atoms with E-state index in [-0.39, 0.29) is 5.82 Å². The van der Waals surface area contributed by atoms with E-state index in [4.69, 9.17) is 4.42 Å². The van der Waals surface area contributed by atoms with Gasteiger partial charge in [0.25, 0.3) is 0 Å². The summed E-state index contributed by atoms with van der Waals surface area (Å²) in [5.74, 6) is 1.48. The van der Waals surface area contributed by atoms with Crippen molar-refractivity contribution in [2.45, 2.75) is 19.9 Å². The fourth-order valence-electron chi connectivity index (χ4n) is 1.52. The number of furan rings is 1. The van der Waals surface area contributed by atoms with Gasteiger partial charge in [0.2, 0.25) is 0 Å². The summed E-state index contributed by atoms with van der Waals surface area (Å²) in [5.41, 5.74) is 0.467. The summed E-state index contributed by atoms with van der Waals surface area (Å²) in [7, 11) is 0. The molecule has 1 aromatic carbocycles. The Labute approximate surface area is 108 Å². The molecule has 2 nitrogen and oxygen atoms in total. The molecule has 0 aliphatic carbocycles. The topological polar surface area (TPSA) is 25.2 Å². The van der Waals surface area contributed by atoms with Gasteiger partial charge in [0.05, 0.1) is 12.2 Å². The first-order chi connectivity index (χ1) is 8.19. The molecular formula is C13H13BrFNO. The number of halogens is 2. The molecule has 0 spiro atoms. The summed E-state index contributed by atoms with van der Waals surface area (Å²) >= 11 is 3.31. The van der Waals surface area contributed by atoms with Crippen LogP contribution >= 0.6 is 15.9 Å². The Bertz CT molecular complexity index is 510. The second-order valence-electron chi connectivity index (χ2n) is 3.70. The van der Waals surface area contributed by atoms with Gasteiger partial charge >= 0.3 is 0 Å². The van der Waals surface area contributed by atoms with Crippen LogP contribution in [0.2, 0.25) is 0 Å². The van der Waals surface area contributed by atoms with E-state index < -0.39 is 0 Å². The molecule has 0 unspecified atom stereocenters. The molecule has 1 aromatic heterocycles. The van der Waals surface area contributed by atoms with Crippen molar-refractivity contribution >= 4 is 21.6 Å². The van der Waals surface area contributed by atoms with Crippen molar-refractivity contribution in [3.63, 3.8) is 0 Å². The van der Waals surface area contributed by atoms with Crippen LogP contribution < -0.4 is 5.32 Å². The summed E-state index contributed by atoms with van der Waals surface area (Å²) in [6.45, 7) is 2.51. The van der Waals surface area contributed by atoms with Crippen LogP contribution in [0.25, 0.3) is 0 Å². The van der Waals surface area contributed by atoms with E-state index in [1.807, 2.05) is 19.1 Å². The van der Waals surface area contributed by atoms with E-state index in [9.17, 15) is 4.39 Å². The number of benzene rings is 1. The zero-order chi connectivity index (χ0) is 12.3. The Morgan fingerprint density at radius 3 is 2.71 bits per heavy atom. The molecule has 0 aliphatic rings. The van der Waals surface area contributed by atoms with Crippen LogP contribution in [0.15, 0.2) is 39.2 Å². The van der Waals surface area contributed by atoms with E-state index >= 15 is 0 Å². The smallest absolute Gasteiger partial charge is 0.146 e. The third-order valence-electron chi connectivity index (χ3n) is 2.45. The van der Waals surface area contributed by atoms with E-state index in [2.05, 4.69) is 21.2 Å². The van der Waals surface area contributed by atoms with Crippen LogP contribution in [0.4, 0.5) is 10.1 Å². The lowest BCUT2D eigenvalue weighted by molar-refractivity contribution is 0.475. The Kier molecular flexibility index (Phi) is 3.84. The van der Waals surface area contributed by atoms with E-state index in [1.54, 1.807) is 12.1 Å². The van der Waals surface area contributed by atoms with Crippen molar-refractivity contribution in [2.75, 3.05) is 5.32 Å². The molecular weight excluding hydrogens is 285 g/mol. The predicted octanol–water partition coefficient (Wildman–Crippen LogP) is 4.36. The summed E-state index contributed by atoms with van der Waals surface area (Å²) in [6, 6.07) is 8.64. The van der Waals surface area contributed by atoms with Crippen molar-refractivity contribution < 1.29 is 8.81 Å². The molecule has 0 amide bonds. The Balaban J connectivity index is 2.04. The van der Waals surface area contributed by atoms with Crippen molar-refractivity contribution in [3.05, 3.63) is 52.1 Å². The Morgan fingerprint density at radius 2 is 2.00 bits per heavy atom. The number of nitrogens with one attached hydrogen (secondary N) is 1. The molecule has 0 saturated heterocycles. The standard InChI is InChI=1S/C13H13BrFNO/c1-2-10-4-5-11(17-10)8-16-13-7-9(14)3-6-12(13)15/h3-7,16H,2,8H2,1H3. The van der Waals surface area contributed by atoms with Crippen LogP contribution in [0.3, 0.4) is 0 Å². The molecule has 0 radical (unpaired) electrons. The number of anilines is 1. The first-order valence-corrected chi connectivity index (χ1v) is 6.25. The maximum Gasteiger partial charge on any atom is 0.146 e. The van der Waals surface area contributed by atoms with Crippen LogP contribution in [0.1, 0.15) is 18.4 Å². The minimum Gasteiger partial charge on any atom is -0.464 e. The van der Waals surface area contributed by atoms with Crippen molar-refractivity contribution in [3.8, 4) is 0 Å². The van der Waals surface area contributed by atoms with Crippen molar-refractivity contribution in [1.82, 2.24) is 0 Å². The first kappa shape index (κ1) is 12.2. The molecule has 0 bridgehead atoms. The summed E-state index contributed by atoms with van der Waals surface area (Å²) in [4.78, 5) is 0. The lowest BCUT2D eigenvalue weighted by Crippen LogP contribution is -2.00. The van der Waals surface area contributed by atoms with Crippen LogP contribution in [-0.4, -0.2) is 0 Å². The predicted molar refractivity (Wildman–Crippen MR) is 69.5 cm³/mol. The minimum absolute atomic E-state index is 0.268. The molecule has 0 aliphatic heterocycles. The lowest BCUT2D eigenvalue weighted by atomic mass is 10.3. The SMILES string of the molecule is CCc1ccc(CNc2cc(Br)ccc2F)o1. The van der Waals surface area contributed by atoms with Crippen LogP contribution in [0, 0.1) is 5.82 Å². The monoisotopic (exact) mass is 297 g/mol. The average Bonchev–Trinajstić information content (AvgIpc) is 2.78. The van der Waals surface area contributed by atoms with Crippen LogP contribution in [-0.2, 0) is 13.0 Å². The maximum absolute atomic E-state index is 13.4. The molecule has 0 atom stereocenters. The van der Waals surface area contributed by atoms with Crippen molar-refractivity contribution in [2.24, 2.45) is 0 Å². The Hall–Kier alpha value is -1.29. The zero-order valence-corrected chi connectivity index (χ0v) is 11.1. The second-order valence-corrected chi connectivity index (χ2v) is 4.61. The second kappa shape index (κ2) is 5.36. The molecule has 0 fully saturated rings. The lowest BCUT2D eigenvalue weighted by Gasteiger charge is -2.06. The molecule has 1 N–H and O–H groups in total. The van der Waals surface area contributed by atoms with Gasteiger partial charge in [-0.2, -0.15) is 0 Å². The third-order valence-corrected chi connectivity index (χ3v) is 2.94. The molecule has 4 heteroatoms. The average molecular weight is 298 g/mol. The normalized spacial score (nSPS) is 10.5. The summed E-state index contributed by atoms with van der Waals surface area (Å²) in [5, 5.41) is 3.01. The largest absolute Gasteiger partial charge is 0.464 e. The van der Waals surface area contributed by atoms with Gasteiger partial charge in [0, 0.05) is 10.9 Å². The molecule has 2 aromatic rings. The zero-order valence-electron chi connectivity index (χ0n) is 9.47. The highest BCUT2D eigenvalue weighted by atomic mass is 79.9. The van der Waals surface area contributed by atoms with E-state index in [0.717, 1.165) is 22.4 Å². The number of hydrogen-bond acceptors (Lipinski definition) is 2. The number of rotatable bonds is 4. The molecule has 90 valence electrons. The van der Waals surface area contributed by atoms with Gasteiger partial charge in [-0.25, -0.2) is 4.39 Å². The van der Waals surface area contributed by atoms with Crippen LogP contribution in [0.5, 0.6) is 0 Å². The molecule has 1 heterocycles. The van der Waals surface area contributed by atoms with Gasteiger partial charge in [0.1, 0.15) is 17.3 Å². The van der Waals surface area contributed by atoms with Gasteiger partial charge in [-0.05, 0) is 30.3 Å². The fraction of sp³-hybridized carbons (Fsp3) is 0.231. The molecule has 2 rings (SSSR count). The molecule has 17 heavy (non-hydrogen) atoms. The highest BCUT2D eigenvalue weighted by Crippen LogP contribution is 2.21. The van der Waals surface area contributed by atoms with Crippen molar-refractivity contribution in [1.29, 1.82) is 0 Å². The van der Waals surface area contributed by atoms with Gasteiger partial charge in [-0.1, -0.05) is 22.9 Å². The number of hydrogen-bond donors (Lipinski definition) is 1. The highest BCUT2D eigenvalue weighted by molar-refractivity contribution is 9.10. The first-order valence-electron chi connectivity index (χ1n) is 5.45. The summed E-state index contributed by atoms with van der Waals surface area (Å²) < 4.78 is 19.8. The third kappa shape index (κ3) is 3.09. The van der Waals surface area contributed by atoms with Gasteiger partial charge < -0.3 is 9.73 Å². The molecule has 0 saturated carbocycles. The number of aryl methyl sites for hydroxylation is 1. The van der Waals surface area contributed by atoms with Gasteiger partial charge in [-0.3, -0.25) is 0 Å². The van der Waals surface area contributed by atoms with Gasteiger partial charge in [-0.15, -0.1) is 0 Å². The maximum atomic E-state index is 13.4. The Morgan fingerprint density at radius 1 is 1.24 bits per heavy atom.